The molecule has 1 N–H and O–H groups in total. The van der Waals surface area contributed by atoms with Gasteiger partial charge in [0.25, 0.3) is 0 Å². The van der Waals surface area contributed by atoms with E-state index in [1.54, 1.807) is 6.92 Å². The van der Waals surface area contributed by atoms with Gasteiger partial charge in [0.2, 0.25) is 0 Å². The number of halogens is 1. The van der Waals surface area contributed by atoms with Crippen LogP contribution >= 0.6 is 15.9 Å². The van der Waals surface area contributed by atoms with Gasteiger partial charge in [-0.3, -0.25) is 0 Å². The minimum Gasteiger partial charge on any atom is -0.494 e. The molecule has 0 aliphatic rings. The SMILES string of the molecule is CCOc1cc(Br)cc(C(C)O)c1. The molecule has 72 valence electrons. The lowest BCUT2D eigenvalue weighted by atomic mass is 10.1. The van der Waals surface area contributed by atoms with Crippen molar-refractivity contribution in [2.24, 2.45) is 0 Å². The highest BCUT2D eigenvalue weighted by molar-refractivity contribution is 9.10. The van der Waals surface area contributed by atoms with E-state index in [1.807, 2.05) is 25.1 Å². The van der Waals surface area contributed by atoms with Gasteiger partial charge in [-0.05, 0) is 37.6 Å². The molecule has 1 aromatic rings. The zero-order valence-electron chi connectivity index (χ0n) is 7.75. The number of aliphatic hydroxyl groups excluding tert-OH is 1. The quantitative estimate of drug-likeness (QED) is 0.887. The van der Waals surface area contributed by atoms with Gasteiger partial charge in [-0.2, -0.15) is 0 Å². The number of ether oxygens (including phenoxy) is 1. The van der Waals surface area contributed by atoms with Gasteiger partial charge in [-0.25, -0.2) is 0 Å². The van der Waals surface area contributed by atoms with E-state index >= 15 is 0 Å². The Balaban J connectivity index is 2.96. The molecule has 2 nitrogen and oxygen atoms in total. The van der Waals surface area contributed by atoms with Gasteiger partial charge in [0.05, 0.1) is 12.7 Å². The van der Waals surface area contributed by atoms with Crippen LogP contribution in [0.2, 0.25) is 0 Å². The number of hydrogen-bond acceptors (Lipinski definition) is 2. The third-order valence-electron chi connectivity index (χ3n) is 1.69. The lowest BCUT2D eigenvalue weighted by Gasteiger charge is -2.09. The van der Waals surface area contributed by atoms with Crippen molar-refractivity contribution in [3.8, 4) is 5.75 Å². The molecule has 1 aromatic carbocycles. The first-order valence-corrected chi connectivity index (χ1v) is 5.04. The van der Waals surface area contributed by atoms with Gasteiger partial charge < -0.3 is 9.84 Å². The summed E-state index contributed by atoms with van der Waals surface area (Å²) in [5, 5.41) is 9.36. The van der Waals surface area contributed by atoms with Crippen molar-refractivity contribution < 1.29 is 9.84 Å². The van der Waals surface area contributed by atoms with Crippen LogP contribution in [0.4, 0.5) is 0 Å². The fourth-order valence-electron chi connectivity index (χ4n) is 1.08. The molecule has 0 radical (unpaired) electrons. The Hall–Kier alpha value is -0.540. The Morgan fingerprint density at radius 3 is 2.69 bits per heavy atom. The number of aliphatic hydroxyl groups is 1. The summed E-state index contributed by atoms with van der Waals surface area (Å²) < 4.78 is 6.26. The first-order valence-electron chi connectivity index (χ1n) is 4.25. The van der Waals surface area contributed by atoms with E-state index in [4.69, 9.17) is 4.74 Å². The summed E-state index contributed by atoms with van der Waals surface area (Å²) in [6, 6.07) is 5.61. The zero-order chi connectivity index (χ0) is 9.84. The maximum absolute atomic E-state index is 9.36. The third-order valence-corrected chi connectivity index (χ3v) is 2.14. The predicted molar refractivity (Wildman–Crippen MR) is 55.9 cm³/mol. The van der Waals surface area contributed by atoms with Crippen molar-refractivity contribution >= 4 is 15.9 Å². The van der Waals surface area contributed by atoms with Crippen LogP contribution in [0.15, 0.2) is 22.7 Å². The molecule has 0 fully saturated rings. The predicted octanol–water partition coefficient (Wildman–Crippen LogP) is 2.90. The van der Waals surface area contributed by atoms with E-state index in [9.17, 15) is 5.11 Å². The molecule has 1 unspecified atom stereocenters. The summed E-state index contributed by atoms with van der Waals surface area (Å²) in [4.78, 5) is 0. The van der Waals surface area contributed by atoms with Gasteiger partial charge in [0, 0.05) is 4.47 Å². The van der Waals surface area contributed by atoms with Crippen molar-refractivity contribution in [1.29, 1.82) is 0 Å². The van der Waals surface area contributed by atoms with Crippen molar-refractivity contribution in [2.75, 3.05) is 6.61 Å². The maximum Gasteiger partial charge on any atom is 0.120 e. The lowest BCUT2D eigenvalue weighted by Crippen LogP contribution is -1.95. The monoisotopic (exact) mass is 244 g/mol. The van der Waals surface area contributed by atoms with Crippen LogP contribution in [0, 0.1) is 0 Å². The van der Waals surface area contributed by atoms with E-state index in [0.717, 1.165) is 15.8 Å². The van der Waals surface area contributed by atoms with E-state index < -0.39 is 6.10 Å². The largest absolute Gasteiger partial charge is 0.494 e. The molecule has 0 spiro atoms. The molecular formula is C10H13BrO2. The Morgan fingerprint density at radius 2 is 2.15 bits per heavy atom. The van der Waals surface area contributed by atoms with Crippen LogP contribution in [0.5, 0.6) is 5.75 Å². The van der Waals surface area contributed by atoms with Crippen molar-refractivity contribution in [1.82, 2.24) is 0 Å². The standard InChI is InChI=1S/C10H13BrO2/c1-3-13-10-5-8(7(2)12)4-9(11)6-10/h4-7,12H,3H2,1-2H3. The highest BCUT2D eigenvalue weighted by atomic mass is 79.9. The van der Waals surface area contributed by atoms with Crippen LogP contribution in [0.25, 0.3) is 0 Å². The maximum atomic E-state index is 9.36. The molecule has 1 rings (SSSR count). The Morgan fingerprint density at radius 1 is 1.46 bits per heavy atom. The molecule has 0 saturated carbocycles. The van der Waals surface area contributed by atoms with E-state index in [-0.39, 0.29) is 0 Å². The summed E-state index contributed by atoms with van der Waals surface area (Å²) in [5.41, 5.74) is 0.859. The highest BCUT2D eigenvalue weighted by Gasteiger charge is 2.04. The molecule has 0 heterocycles. The number of benzene rings is 1. The average Bonchev–Trinajstić information content (AvgIpc) is 2.03. The molecule has 13 heavy (non-hydrogen) atoms. The summed E-state index contributed by atoms with van der Waals surface area (Å²) in [5.74, 6) is 0.785. The topological polar surface area (TPSA) is 29.5 Å². The third kappa shape index (κ3) is 3.01. The molecule has 1 atom stereocenters. The lowest BCUT2D eigenvalue weighted by molar-refractivity contribution is 0.198. The molecule has 0 aromatic heterocycles. The minimum atomic E-state index is -0.461. The first-order chi connectivity index (χ1) is 6.13. The summed E-state index contributed by atoms with van der Waals surface area (Å²) >= 11 is 3.36. The Bertz CT molecular complexity index is 284. The summed E-state index contributed by atoms with van der Waals surface area (Å²) in [6.07, 6.45) is -0.461. The molecule has 0 amide bonds. The molecule has 0 aliphatic carbocycles. The zero-order valence-corrected chi connectivity index (χ0v) is 9.34. The summed E-state index contributed by atoms with van der Waals surface area (Å²) in [7, 11) is 0. The Labute approximate surface area is 86.7 Å². The second-order valence-corrected chi connectivity index (χ2v) is 3.74. The molecule has 3 heteroatoms. The smallest absolute Gasteiger partial charge is 0.120 e. The number of rotatable bonds is 3. The van der Waals surface area contributed by atoms with Crippen LogP contribution < -0.4 is 4.74 Å². The minimum absolute atomic E-state index is 0.461. The average molecular weight is 245 g/mol. The normalized spacial score (nSPS) is 12.6. The fourth-order valence-corrected chi connectivity index (χ4v) is 1.57. The van der Waals surface area contributed by atoms with Crippen molar-refractivity contribution in [2.45, 2.75) is 20.0 Å². The second-order valence-electron chi connectivity index (χ2n) is 2.83. The van der Waals surface area contributed by atoms with Crippen LogP contribution in [0.3, 0.4) is 0 Å². The van der Waals surface area contributed by atoms with Crippen molar-refractivity contribution in [3.05, 3.63) is 28.2 Å². The Kier molecular flexibility index (Phi) is 3.75. The number of hydrogen-bond donors (Lipinski definition) is 1. The molecule has 0 saturated heterocycles. The molecular weight excluding hydrogens is 232 g/mol. The van der Waals surface area contributed by atoms with Crippen LogP contribution in [-0.2, 0) is 0 Å². The van der Waals surface area contributed by atoms with Gasteiger partial charge in [0.15, 0.2) is 0 Å². The van der Waals surface area contributed by atoms with Crippen LogP contribution in [0.1, 0.15) is 25.5 Å². The second kappa shape index (κ2) is 4.63. The van der Waals surface area contributed by atoms with Gasteiger partial charge in [-0.15, -0.1) is 0 Å². The van der Waals surface area contributed by atoms with Crippen LogP contribution in [-0.4, -0.2) is 11.7 Å². The molecule has 0 bridgehead atoms. The van der Waals surface area contributed by atoms with E-state index in [1.165, 1.54) is 0 Å². The fraction of sp³-hybridized carbons (Fsp3) is 0.400. The summed E-state index contributed by atoms with van der Waals surface area (Å²) in [6.45, 7) is 4.30. The van der Waals surface area contributed by atoms with E-state index in [0.29, 0.717) is 6.61 Å². The van der Waals surface area contributed by atoms with E-state index in [2.05, 4.69) is 15.9 Å². The van der Waals surface area contributed by atoms with Gasteiger partial charge in [0.1, 0.15) is 5.75 Å². The van der Waals surface area contributed by atoms with Gasteiger partial charge >= 0.3 is 0 Å². The molecule has 0 aliphatic heterocycles. The van der Waals surface area contributed by atoms with Gasteiger partial charge in [-0.1, -0.05) is 15.9 Å². The highest BCUT2D eigenvalue weighted by Crippen LogP contribution is 2.25. The first kappa shape index (κ1) is 10.5. The van der Waals surface area contributed by atoms with Crippen molar-refractivity contribution in [3.63, 3.8) is 0 Å².